The quantitative estimate of drug-likeness (QED) is 0.847. The van der Waals surface area contributed by atoms with Crippen LogP contribution in [0.25, 0.3) is 0 Å². The van der Waals surface area contributed by atoms with E-state index < -0.39 is 0 Å². The van der Waals surface area contributed by atoms with Crippen molar-refractivity contribution in [2.24, 2.45) is 5.73 Å². The summed E-state index contributed by atoms with van der Waals surface area (Å²) in [6, 6.07) is 8.63. The van der Waals surface area contributed by atoms with Crippen LogP contribution in [0.1, 0.15) is 37.3 Å². The van der Waals surface area contributed by atoms with E-state index in [0.717, 1.165) is 26.1 Å². The van der Waals surface area contributed by atoms with E-state index in [-0.39, 0.29) is 5.54 Å². The molecule has 1 aromatic rings. The van der Waals surface area contributed by atoms with E-state index in [9.17, 15) is 0 Å². The first kappa shape index (κ1) is 11.6. The Hall–Kier alpha value is -0.860. The minimum atomic E-state index is -0.143. The van der Waals surface area contributed by atoms with Gasteiger partial charge in [0, 0.05) is 18.1 Å². The lowest BCUT2D eigenvalue weighted by molar-refractivity contribution is 0.194. The van der Waals surface area contributed by atoms with Crippen LogP contribution >= 0.6 is 0 Å². The maximum Gasteiger partial charge on any atom is 0.0535 e. The fraction of sp³-hybridized carbons (Fsp3) is 0.571. The van der Waals surface area contributed by atoms with Crippen molar-refractivity contribution in [3.05, 3.63) is 35.4 Å². The van der Waals surface area contributed by atoms with Crippen molar-refractivity contribution < 1.29 is 4.74 Å². The van der Waals surface area contributed by atoms with Gasteiger partial charge in [-0.05, 0) is 37.8 Å². The molecule has 0 radical (unpaired) electrons. The van der Waals surface area contributed by atoms with E-state index >= 15 is 0 Å². The summed E-state index contributed by atoms with van der Waals surface area (Å²) in [4.78, 5) is 0. The highest BCUT2D eigenvalue weighted by molar-refractivity contribution is 5.32. The molecule has 2 heteroatoms. The van der Waals surface area contributed by atoms with Crippen LogP contribution in [0.3, 0.4) is 0 Å². The van der Waals surface area contributed by atoms with E-state index in [1.54, 1.807) is 0 Å². The second-order valence-electron chi connectivity index (χ2n) is 5.42. The molecule has 2 N–H and O–H groups in total. The fourth-order valence-corrected chi connectivity index (χ4v) is 2.36. The first-order valence-electron chi connectivity index (χ1n) is 6.01. The van der Waals surface area contributed by atoms with Gasteiger partial charge in [-0.3, -0.25) is 0 Å². The lowest BCUT2D eigenvalue weighted by Gasteiger charge is -2.22. The Morgan fingerprint density at radius 1 is 1.38 bits per heavy atom. The second kappa shape index (κ2) is 4.56. The predicted octanol–water partition coefficient (Wildman–Crippen LogP) is 2.47. The average molecular weight is 219 g/mol. The predicted molar refractivity (Wildman–Crippen MR) is 66.6 cm³/mol. The summed E-state index contributed by atoms with van der Waals surface area (Å²) >= 11 is 0. The third-order valence-corrected chi connectivity index (χ3v) is 3.07. The topological polar surface area (TPSA) is 35.2 Å². The van der Waals surface area contributed by atoms with E-state index in [1.807, 2.05) is 0 Å². The minimum absolute atomic E-state index is 0.143. The fourth-order valence-electron chi connectivity index (χ4n) is 2.36. The Morgan fingerprint density at radius 3 is 2.75 bits per heavy atom. The Kier molecular flexibility index (Phi) is 3.31. The first-order valence-corrected chi connectivity index (χ1v) is 6.01. The van der Waals surface area contributed by atoms with Crippen molar-refractivity contribution in [1.82, 2.24) is 0 Å². The van der Waals surface area contributed by atoms with Crippen LogP contribution < -0.4 is 5.73 Å². The maximum absolute atomic E-state index is 6.10. The Bertz CT molecular complexity index is 348. The average Bonchev–Trinajstić information content (AvgIpc) is 2.69. The molecule has 2 nitrogen and oxygen atoms in total. The van der Waals surface area contributed by atoms with Gasteiger partial charge in [0.2, 0.25) is 0 Å². The monoisotopic (exact) mass is 219 g/mol. The molecule has 1 unspecified atom stereocenters. The molecule has 1 heterocycles. The van der Waals surface area contributed by atoms with Crippen LogP contribution in [0, 0.1) is 0 Å². The number of hydrogen-bond acceptors (Lipinski definition) is 2. The van der Waals surface area contributed by atoms with Gasteiger partial charge in [-0.1, -0.05) is 24.3 Å². The Labute approximate surface area is 97.8 Å². The van der Waals surface area contributed by atoms with E-state index in [4.69, 9.17) is 10.5 Å². The van der Waals surface area contributed by atoms with Crippen LogP contribution in [0.15, 0.2) is 24.3 Å². The van der Waals surface area contributed by atoms with Crippen LogP contribution in [0.4, 0.5) is 0 Å². The molecule has 1 atom stereocenters. The summed E-state index contributed by atoms with van der Waals surface area (Å²) < 4.78 is 5.47. The lowest BCUT2D eigenvalue weighted by Crippen LogP contribution is -2.34. The molecule has 16 heavy (non-hydrogen) atoms. The van der Waals surface area contributed by atoms with Gasteiger partial charge < -0.3 is 10.5 Å². The van der Waals surface area contributed by atoms with Crippen molar-refractivity contribution in [3.63, 3.8) is 0 Å². The summed E-state index contributed by atoms with van der Waals surface area (Å²) in [7, 11) is 0. The van der Waals surface area contributed by atoms with E-state index in [1.165, 1.54) is 11.1 Å². The molecule has 0 spiro atoms. The van der Waals surface area contributed by atoms with Crippen LogP contribution in [-0.2, 0) is 11.2 Å². The molecule has 1 aliphatic rings. The maximum atomic E-state index is 6.10. The van der Waals surface area contributed by atoms with Gasteiger partial charge in [-0.2, -0.15) is 0 Å². The Balaban J connectivity index is 2.23. The van der Waals surface area contributed by atoms with Crippen LogP contribution in [0.2, 0.25) is 0 Å². The largest absolute Gasteiger partial charge is 0.381 e. The molecule has 1 fully saturated rings. The summed E-state index contributed by atoms with van der Waals surface area (Å²) in [5, 5.41) is 0. The van der Waals surface area contributed by atoms with E-state index in [0.29, 0.717) is 5.92 Å². The molecular weight excluding hydrogens is 198 g/mol. The third-order valence-electron chi connectivity index (χ3n) is 3.07. The summed E-state index contributed by atoms with van der Waals surface area (Å²) in [6.07, 6.45) is 2.07. The van der Waals surface area contributed by atoms with Gasteiger partial charge in [-0.15, -0.1) is 0 Å². The normalized spacial score (nSPS) is 21.3. The zero-order chi connectivity index (χ0) is 11.6. The van der Waals surface area contributed by atoms with Gasteiger partial charge in [0.15, 0.2) is 0 Å². The lowest BCUT2D eigenvalue weighted by atomic mass is 9.87. The summed E-state index contributed by atoms with van der Waals surface area (Å²) in [5.74, 6) is 0.568. The van der Waals surface area contributed by atoms with E-state index in [2.05, 4.69) is 38.1 Å². The van der Waals surface area contributed by atoms with Gasteiger partial charge in [0.05, 0.1) is 6.61 Å². The standard InChI is InChI=1S/C14H21NO/c1-14(2,15)9-11-5-3-4-6-13(11)12-7-8-16-10-12/h3-6,12H,7-10,15H2,1-2H3. The van der Waals surface area contributed by atoms with Gasteiger partial charge in [0.25, 0.3) is 0 Å². The van der Waals surface area contributed by atoms with Crippen LogP contribution in [0.5, 0.6) is 0 Å². The Morgan fingerprint density at radius 2 is 2.12 bits per heavy atom. The minimum Gasteiger partial charge on any atom is -0.381 e. The smallest absolute Gasteiger partial charge is 0.0535 e. The molecule has 0 bridgehead atoms. The first-order chi connectivity index (χ1) is 7.56. The molecule has 88 valence electrons. The van der Waals surface area contributed by atoms with Crippen molar-refractivity contribution in [2.45, 2.75) is 38.1 Å². The molecule has 0 aromatic heterocycles. The summed E-state index contributed by atoms with van der Waals surface area (Å²) in [6.45, 7) is 5.91. The molecular formula is C14H21NO. The molecule has 2 rings (SSSR count). The van der Waals surface area contributed by atoms with Crippen molar-refractivity contribution >= 4 is 0 Å². The number of nitrogens with two attached hydrogens (primary N) is 1. The van der Waals surface area contributed by atoms with Crippen LogP contribution in [-0.4, -0.2) is 18.8 Å². The molecule has 1 saturated heterocycles. The SMILES string of the molecule is CC(C)(N)Cc1ccccc1C1CCOC1. The molecule has 0 saturated carbocycles. The van der Waals surface area contributed by atoms with Crippen molar-refractivity contribution in [2.75, 3.05) is 13.2 Å². The number of hydrogen-bond donors (Lipinski definition) is 1. The highest BCUT2D eigenvalue weighted by Crippen LogP contribution is 2.29. The molecule has 1 aliphatic heterocycles. The van der Waals surface area contributed by atoms with Crippen molar-refractivity contribution in [3.8, 4) is 0 Å². The zero-order valence-corrected chi connectivity index (χ0v) is 10.2. The van der Waals surface area contributed by atoms with Gasteiger partial charge in [0.1, 0.15) is 0 Å². The molecule has 0 aliphatic carbocycles. The number of benzene rings is 1. The summed E-state index contributed by atoms with van der Waals surface area (Å²) in [5.41, 5.74) is 8.77. The molecule has 1 aromatic carbocycles. The van der Waals surface area contributed by atoms with Gasteiger partial charge >= 0.3 is 0 Å². The zero-order valence-electron chi connectivity index (χ0n) is 10.2. The second-order valence-corrected chi connectivity index (χ2v) is 5.42. The molecule has 0 amide bonds. The van der Waals surface area contributed by atoms with Gasteiger partial charge in [-0.25, -0.2) is 0 Å². The number of ether oxygens (including phenoxy) is 1. The highest BCUT2D eigenvalue weighted by Gasteiger charge is 2.22. The number of rotatable bonds is 3. The third kappa shape index (κ3) is 2.83. The highest BCUT2D eigenvalue weighted by atomic mass is 16.5. The van der Waals surface area contributed by atoms with Crippen molar-refractivity contribution in [1.29, 1.82) is 0 Å².